The fourth-order valence-electron chi connectivity index (χ4n) is 1.74. The van der Waals surface area contributed by atoms with Crippen molar-refractivity contribution in [3.05, 3.63) is 48.5 Å². The smallest absolute Gasteiger partial charge is 0.119 e. The normalized spacial score (nSPS) is 12.3. The number of aryl methyl sites for hydroxylation is 1. The van der Waals surface area contributed by atoms with Gasteiger partial charge in [0.2, 0.25) is 0 Å². The maximum Gasteiger partial charge on any atom is 0.119 e. The molecule has 2 aromatic rings. The summed E-state index contributed by atoms with van der Waals surface area (Å²) < 4.78 is 7.41. The summed E-state index contributed by atoms with van der Waals surface area (Å²) >= 11 is 0. The summed E-state index contributed by atoms with van der Waals surface area (Å²) in [7, 11) is 0. The summed E-state index contributed by atoms with van der Waals surface area (Å²) in [6.45, 7) is 2.88. The number of benzene rings is 1. The number of hydrogen-bond acceptors (Lipinski definition) is 3. The summed E-state index contributed by atoms with van der Waals surface area (Å²) in [5.41, 5.74) is 1.23. The third-order valence-electron chi connectivity index (χ3n) is 2.73. The predicted molar refractivity (Wildman–Crippen MR) is 69.5 cm³/mol. The van der Waals surface area contributed by atoms with Gasteiger partial charge in [-0.1, -0.05) is 19.1 Å². The zero-order valence-corrected chi connectivity index (χ0v) is 10.5. The van der Waals surface area contributed by atoms with Crippen LogP contribution in [-0.2, 0) is 13.0 Å². The van der Waals surface area contributed by atoms with Crippen molar-refractivity contribution in [2.24, 2.45) is 0 Å². The first-order valence-electron chi connectivity index (χ1n) is 6.13. The Labute approximate surface area is 107 Å². The molecule has 0 aliphatic heterocycles. The first kappa shape index (κ1) is 12.6. The summed E-state index contributed by atoms with van der Waals surface area (Å²) in [5, 5.41) is 9.84. The molecule has 18 heavy (non-hydrogen) atoms. The molecule has 0 saturated heterocycles. The quantitative estimate of drug-likeness (QED) is 0.846. The molecular formula is C14H18N2O2. The highest BCUT2D eigenvalue weighted by molar-refractivity contribution is 5.28. The van der Waals surface area contributed by atoms with Crippen molar-refractivity contribution in [2.75, 3.05) is 6.61 Å². The van der Waals surface area contributed by atoms with E-state index in [9.17, 15) is 5.11 Å². The Hall–Kier alpha value is -1.81. The summed E-state index contributed by atoms with van der Waals surface area (Å²) in [5.74, 6) is 0.805. The van der Waals surface area contributed by atoms with E-state index in [0.29, 0.717) is 6.54 Å². The number of aliphatic hydroxyl groups excluding tert-OH is 1. The van der Waals surface area contributed by atoms with Crippen molar-refractivity contribution in [3.63, 3.8) is 0 Å². The number of aliphatic hydroxyl groups is 1. The van der Waals surface area contributed by atoms with Crippen LogP contribution in [0.1, 0.15) is 12.5 Å². The molecule has 0 saturated carbocycles. The van der Waals surface area contributed by atoms with Gasteiger partial charge in [0, 0.05) is 12.4 Å². The lowest BCUT2D eigenvalue weighted by Crippen LogP contribution is -2.23. The van der Waals surface area contributed by atoms with Crippen molar-refractivity contribution < 1.29 is 9.84 Å². The highest BCUT2D eigenvalue weighted by Gasteiger charge is 2.06. The van der Waals surface area contributed by atoms with Gasteiger partial charge in [0.05, 0.1) is 12.9 Å². The molecule has 1 atom stereocenters. The van der Waals surface area contributed by atoms with Gasteiger partial charge in [0.25, 0.3) is 0 Å². The Bertz CT molecular complexity index is 468. The Balaban J connectivity index is 1.83. The van der Waals surface area contributed by atoms with Gasteiger partial charge >= 0.3 is 0 Å². The maximum atomic E-state index is 9.84. The van der Waals surface area contributed by atoms with Crippen molar-refractivity contribution in [1.82, 2.24) is 9.55 Å². The van der Waals surface area contributed by atoms with Crippen LogP contribution in [0.3, 0.4) is 0 Å². The van der Waals surface area contributed by atoms with E-state index in [1.54, 1.807) is 12.5 Å². The molecule has 0 amide bonds. The molecule has 0 fully saturated rings. The molecule has 1 unspecified atom stereocenters. The molecule has 0 spiro atoms. The van der Waals surface area contributed by atoms with E-state index in [2.05, 4.69) is 18.0 Å². The van der Waals surface area contributed by atoms with Crippen molar-refractivity contribution in [3.8, 4) is 5.75 Å². The van der Waals surface area contributed by atoms with Crippen molar-refractivity contribution in [1.29, 1.82) is 0 Å². The molecule has 0 radical (unpaired) electrons. The average molecular weight is 246 g/mol. The van der Waals surface area contributed by atoms with Crippen LogP contribution in [0.25, 0.3) is 0 Å². The lowest BCUT2D eigenvalue weighted by Gasteiger charge is -2.13. The molecule has 1 aromatic carbocycles. The fourth-order valence-corrected chi connectivity index (χ4v) is 1.74. The minimum absolute atomic E-state index is 0.283. The summed E-state index contributed by atoms with van der Waals surface area (Å²) in [6, 6.07) is 7.94. The first-order valence-corrected chi connectivity index (χ1v) is 6.13. The molecule has 1 N–H and O–H groups in total. The molecule has 96 valence electrons. The average Bonchev–Trinajstić information content (AvgIpc) is 2.89. The van der Waals surface area contributed by atoms with Gasteiger partial charge in [-0.25, -0.2) is 4.98 Å². The van der Waals surface area contributed by atoms with Crippen LogP contribution < -0.4 is 4.74 Å². The van der Waals surface area contributed by atoms with Gasteiger partial charge in [-0.2, -0.15) is 0 Å². The number of hydrogen-bond donors (Lipinski definition) is 1. The van der Waals surface area contributed by atoms with E-state index >= 15 is 0 Å². The van der Waals surface area contributed by atoms with Gasteiger partial charge < -0.3 is 14.4 Å². The van der Waals surface area contributed by atoms with Crippen LogP contribution in [0.4, 0.5) is 0 Å². The van der Waals surface area contributed by atoms with Crippen molar-refractivity contribution >= 4 is 0 Å². The maximum absolute atomic E-state index is 9.84. The number of nitrogens with zero attached hydrogens (tertiary/aromatic N) is 2. The van der Waals surface area contributed by atoms with Crippen LogP contribution >= 0.6 is 0 Å². The summed E-state index contributed by atoms with van der Waals surface area (Å²) in [6.07, 6.45) is 5.64. The Kier molecular flexibility index (Phi) is 4.36. The molecule has 0 bridgehead atoms. The fraction of sp³-hybridized carbons (Fsp3) is 0.357. The van der Waals surface area contributed by atoms with Crippen LogP contribution in [0.5, 0.6) is 5.75 Å². The molecule has 4 heteroatoms. The van der Waals surface area contributed by atoms with Crippen LogP contribution in [0.15, 0.2) is 43.0 Å². The lowest BCUT2D eigenvalue weighted by molar-refractivity contribution is 0.0924. The van der Waals surface area contributed by atoms with E-state index in [1.807, 2.05) is 29.0 Å². The van der Waals surface area contributed by atoms with Gasteiger partial charge in [0.1, 0.15) is 18.5 Å². The minimum atomic E-state index is -0.538. The van der Waals surface area contributed by atoms with Crippen molar-refractivity contribution in [2.45, 2.75) is 26.0 Å². The second-order valence-electron chi connectivity index (χ2n) is 4.23. The Morgan fingerprint density at radius 3 is 3.06 bits per heavy atom. The Morgan fingerprint density at radius 2 is 2.33 bits per heavy atom. The van der Waals surface area contributed by atoms with E-state index in [1.165, 1.54) is 5.56 Å². The summed E-state index contributed by atoms with van der Waals surface area (Å²) in [4.78, 5) is 3.93. The molecule has 0 aliphatic rings. The largest absolute Gasteiger partial charge is 0.491 e. The van der Waals surface area contributed by atoms with Gasteiger partial charge in [-0.15, -0.1) is 0 Å². The zero-order chi connectivity index (χ0) is 12.8. The van der Waals surface area contributed by atoms with Gasteiger partial charge in [-0.3, -0.25) is 0 Å². The van der Waals surface area contributed by atoms with Crippen LogP contribution in [-0.4, -0.2) is 27.4 Å². The minimum Gasteiger partial charge on any atom is -0.491 e. The molecule has 2 rings (SSSR count). The number of ether oxygens (including phenoxy) is 1. The standard InChI is InChI=1S/C14H18N2O2/c1-2-12-4-3-5-14(8-12)18-10-13(17)9-16-7-6-15-11-16/h3-8,11,13,17H,2,9-10H2,1H3. The third-order valence-corrected chi connectivity index (χ3v) is 2.73. The van der Waals surface area contributed by atoms with E-state index in [-0.39, 0.29) is 6.61 Å². The predicted octanol–water partition coefficient (Wildman–Crippen LogP) is 1.89. The molecule has 1 aromatic heterocycles. The number of aromatic nitrogens is 2. The molecule has 4 nitrogen and oxygen atoms in total. The van der Waals surface area contributed by atoms with Crippen LogP contribution in [0.2, 0.25) is 0 Å². The molecule has 1 heterocycles. The SMILES string of the molecule is CCc1cccc(OCC(O)Cn2ccnc2)c1. The van der Waals surface area contributed by atoms with Crippen LogP contribution in [0, 0.1) is 0 Å². The van der Waals surface area contributed by atoms with Gasteiger partial charge in [0.15, 0.2) is 0 Å². The van der Waals surface area contributed by atoms with E-state index < -0.39 is 6.10 Å². The number of rotatable bonds is 6. The third kappa shape index (κ3) is 3.60. The topological polar surface area (TPSA) is 47.3 Å². The highest BCUT2D eigenvalue weighted by Crippen LogP contribution is 2.14. The zero-order valence-electron chi connectivity index (χ0n) is 10.5. The lowest BCUT2D eigenvalue weighted by atomic mass is 10.2. The Morgan fingerprint density at radius 1 is 1.44 bits per heavy atom. The number of imidazole rings is 1. The van der Waals surface area contributed by atoms with E-state index in [4.69, 9.17) is 4.74 Å². The second kappa shape index (κ2) is 6.21. The highest BCUT2D eigenvalue weighted by atomic mass is 16.5. The molecular weight excluding hydrogens is 228 g/mol. The van der Waals surface area contributed by atoms with E-state index in [0.717, 1.165) is 12.2 Å². The molecule has 0 aliphatic carbocycles. The monoisotopic (exact) mass is 246 g/mol. The second-order valence-corrected chi connectivity index (χ2v) is 4.23. The van der Waals surface area contributed by atoms with Gasteiger partial charge in [-0.05, 0) is 24.1 Å². The first-order chi connectivity index (χ1) is 8.78.